The van der Waals surface area contributed by atoms with Crippen LogP contribution in [0.2, 0.25) is 0 Å². The van der Waals surface area contributed by atoms with Gasteiger partial charge in [-0.05, 0) is 37.7 Å². The summed E-state index contributed by atoms with van der Waals surface area (Å²) in [4.78, 5) is 26.4. The molecule has 2 aromatic rings. The highest BCUT2D eigenvalue weighted by atomic mass is 32.1. The Hall–Kier alpha value is -2.73. The molecular weight excluding hydrogens is 346 g/mol. The third kappa shape index (κ3) is 3.08. The molecule has 0 unspecified atom stereocenters. The fourth-order valence-corrected chi connectivity index (χ4v) is 3.30. The molecule has 1 aliphatic rings. The zero-order valence-electron chi connectivity index (χ0n) is 14.9. The first-order valence-electron chi connectivity index (χ1n) is 8.57. The monoisotopic (exact) mass is 367 g/mol. The quantitative estimate of drug-likeness (QED) is 0.381. The maximum Gasteiger partial charge on any atom is 0.265 e. The number of amides is 2. The fraction of sp³-hybridized carbons (Fsp3) is 0.250. The van der Waals surface area contributed by atoms with Gasteiger partial charge in [0.05, 0.1) is 0 Å². The molecule has 2 heterocycles. The first-order chi connectivity index (χ1) is 12.5. The minimum Gasteiger partial charge on any atom is -0.344 e. The number of hydrogen-bond donors (Lipinski definition) is 1. The SMILES string of the molecule is C=CCN1C(=O)/C(=C/c2cn([C@@H](C)CC)c3ccccc23)C(=O)NC1=S. The van der Waals surface area contributed by atoms with Gasteiger partial charge in [-0.15, -0.1) is 6.58 Å². The minimum atomic E-state index is -0.472. The van der Waals surface area contributed by atoms with Crippen molar-refractivity contribution < 1.29 is 9.59 Å². The van der Waals surface area contributed by atoms with Crippen molar-refractivity contribution in [3.8, 4) is 0 Å². The van der Waals surface area contributed by atoms with Crippen molar-refractivity contribution in [2.45, 2.75) is 26.3 Å². The summed E-state index contributed by atoms with van der Waals surface area (Å²) in [7, 11) is 0. The van der Waals surface area contributed by atoms with Gasteiger partial charge in [0, 0.05) is 35.2 Å². The maximum atomic E-state index is 12.7. The molecule has 1 aliphatic heterocycles. The summed E-state index contributed by atoms with van der Waals surface area (Å²) in [5.41, 5.74) is 1.99. The van der Waals surface area contributed by atoms with Gasteiger partial charge in [-0.1, -0.05) is 31.2 Å². The highest BCUT2D eigenvalue weighted by Gasteiger charge is 2.32. The van der Waals surface area contributed by atoms with E-state index in [4.69, 9.17) is 12.2 Å². The lowest BCUT2D eigenvalue weighted by Gasteiger charge is -2.27. The topological polar surface area (TPSA) is 54.3 Å². The first-order valence-corrected chi connectivity index (χ1v) is 8.98. The van der Waals surface area contributed by atoms with E-state index >= 15 is 0 Å². The molecule has 1 saturated heterocycles. The molecule has 0 spiro atoms. The van der Waals surface area contributed by atoms with E-state index in [1.807, 2.05) is 30.5 Å². The second kappa shape index (κ2) is 7.25. The van der Waals surface area contributed by atoms with E-state index in [9.17, 15) is 9.59 Å². The zero-order valence-corrected chi connectivity index (χ0v) is 15.7. The van der Waals surface area contributed by atoms with Gasteiger partial charge < -0.3 is 4.57 Å². The first kappa shape index (κ1) is 18.1. The Morgan fingerprint density at radius 2 is 2.04 bits per heavy atom. The van der Waals surface area contributed by atoms with Crippen LogP contribution < -0.4 is 5.32 Å². The number of benzene rings is 1. The Balaban J connectivity index is 2.11. The molecule has 26 heavy (non-hydrogen) atoms. The average Bonchev–Trinajstić information content (AvgIpc) is 3.00. The van der Waals surface area contributed by atoms with Crippen LogP contribution in [0.15, 0.2) is 48.7 Å². The molecule has 3 rings (SSSR count). The van der Waals surface area contributed by atoms with Crippen molar-refractivity contribution in [1.29, 1.82) is 0 Å². The largest absolute Gasteiger partial charge is 0.344 e. The Morgan fingerprint density at radius 1 is 1.31 bits per heavy atom. The van der Waals surface area contributed by atoms with E-state index in [1.54, 1.807) is 12.2 Å². The Kier molecular flexibility index (Phi) is 5.04. The van der Waals surface area contributed by atoms with Crippen LogP contribution in [0.4, 0.5) is 0 Å². The van der Waals surface area contributed by atoms with Crippen LogP contribution >= 0.6 is 12.2 Å². The van der Waals surface area contributed by atoms with E-state index in [1.165, 1.54) is 4.90 Å². The molecule has 0 radical (unpaired) electrons. The van der Waals surface area contributed by atoms with Gasteiger partial charge in [-0.25, -0.2) is 0 Å². The second-order valence-electron chi connectivity index (χ2n) is 6.29. The number of nitrogens with zero attached hydrogens (tertiary/aromatic N) is 2. The molecule has 1 aromatic heterocycles. The van der Waals surface area contributed by atoms with Gasteiger partial charge in [0.1, 0.15) is 5.57 Å². The molecule has 2 amide bonds. The van der Waals surface area contributed by atoms with Gasteiger partial charge in [0.2, 0.25) is 0 Å². The molecule has 1 aromatic carbocycles. The predicted molar refractivity (Wildman–Crippen MR) is 108 cm³/mol. The number of aromatic nitrogens is 1. The summed E-state index contributed by atoms with van der Waals surface area (Å²) in [6.07, 6.45) is 6.21. The van der Waals surface area contributed by atoms with Crippen molar-refractivity contribution in [1.82, 2.24) is 14.8 Å². The van der Waals surface area contributed by atoms with E-state index in [0.717, 1.165) is 22.9 Å². The second-order valence-corrected chi connectivity index (χ2v) is 6.67. The number of carbonyl (C=O) groups is 2. The number of thiocarbonyl (C=S) groups is 1. The van der Waals surface area contributed by atoms with Crippen molar-refractivity contribution in [2.24, 2.45) is 0 Å². The zero-order chi connectivity index (χ0) is 18.8. The minimum absolute atomic E-state index is 0.0764. The van der Waals surface area contributed by atoms with Crippen LogP contribution in [0.5, 0.6) is 0 Å². The molecule has 0 bridgehead atoms. The number of fused-ring (bicyclic) bond motifs is 1. The van der Waals surface area contributed by atoms with E-state index in [0.29, 0.717) is 6.04 Å². The normalized spacial score (nSPS) is 17.7. The highest BCUT2D eigenvalue weighted by molar-refractivity contribution is 7.80. The standard InChI is InChI=1S/C20H21N3O2S/c1-4-10-22-19(25)16(18(24)21-20(22)26)11-14-12-23(13(3)5-2)17-9-7-6-8-15(14)17/h4,6-9,11-13H,1,5,10H2,2-3H3,(H,21,24,26)/b16-11+/t13-/m0/s1. The van der Waals surface area contributed by atoms with Crippen LogP contribution in [0.3, 0.4) is 0 Å². The maximum absolute atomic E-state index is 12.7. The number of rotatable bonds is 5. The molecule has 1 N–H and O–H groups in total. The summed E-state index contributed by atoms with van der Waals surface area (Å²) >= 11 is 5.09. The lowest BCUT2D eigenvalue weighted by Crippen LogP contribution is -2.53. The number of nitrogens with one attached hydrogen (secondary N) is 1. The van der Waals surface area contributed by atoms with Crippen LogP contribution in [0, 0.1) is 0 Å². The van der Waals surface area contributed by atoms with Crippen LogP contribution in [0.1, 0.15) is 31.9 Å². The fourth-order valence-electron chi connectivity index (χ4n) is 3.05. The van der Waals surface area contributed by atoms with Crippen molar-refractivity contribution in [2.75, 3.05) is 6.54 Å². The molecule has 1 fully saturated rings. The predicted octanol–water partition coefficient (Wildman–Crippen LogP) is 3.43. The van der Waals surface area contributed by atoms with Gasteiger partial charge in [0.15, 0.2) is 5.11 Å². The van der Waals surface area contributed by atoms with Crippen molar-refractivity contribution in [3.05, 3.63) is 54.3 Å². The van der Waals surface area contributed by atoms with Gasteiger partial charge in [-0.3, -0.25) is 19.8 Å². The van der Waals surface area contributed by atoms with Crippen LogP contribution in [-0.2, 0) is 9.59 Å². The molecule has 0 saturated carbocycles. The lowest BCUT2D eigenvalue weighted by molar-refractivity contribution is -0.128. The number of hydrogen-bond acceptors (Lipinski definition) is 3. The molecule has 0 aliphatic carbocycles. The summed E-state index contributed by atoms with van der Waals surface area (Å²) in [5, 5.41) is 3.69. The van der Waals surface area contributed by atoms with Crippen LogP contribution in [-0.4, -0.2) is 32.9 Å². The van der Waals surface area contributed by atoms with E-state index < -0.39 is 11.8 Å². The smallest absolute Gasteiger partial charge is 0.265 e. The Morgan fingerprint density at radius 3 is 2.73 bits per heavy atom. The summed E-state index contributed by atoms with van der Waals surface area (Å²) in [6.45, 7) is 8.16. The molecule has 1 atom stereocenters. The average molecular weight is 367 g/mol. The van der Waals surface area contributed by atoms with Gasteiger partial charge in [0.25, 0.3) is 11.8 Å². The molecule has 134 valence electrons. The molecular formula is C20H21N3O2S. The lowest BCUT2D eigenvalue weighted by atomic mass is 10.1. The Labute approximate surface area is 158 Å². The summed E-state index contributed by atoms with van der Waals surface area (Å²) in [6, 6.07) is 8.30. The Bertz CT molecular complexity index is 942. The third-order valence-electron chi connectivity index (χ3n) is 4.63. The van der Waals surface area contributed by atoms with Crippen molar-refractivity contribution in [3.63, 3.8) is 0 Å². The number of para-hydroxylation sites is 1. The van der Waals surface area contributed by atoms with Gasteiger partial charge >= 0.3 is 0 Å². The number of carbonyl (C=O) groups excluding carboxylic acids is 2. The third-order valence-corrected chi connectivity index (χ3v) is 4.96. The van der Waals surface area contributed by atoms with E-state index in [-0.39, 0.29) is 17.2 Å². The molecule has 5 nitrogen and oxygen atoms in total. The summed E-state index contributed by atoms with van der Waals surface area (Å²) in [5.74, 6) is -0.875. The van der Waals surface area contributed by atoms with Gasteiger partial charge in [-0.2, -0.15) is 0 Å². The van der Waals surface area contributed by atoms with Crippen molar-refractivity contribution >= 4 is 46.1 Å². The highest BCUT2D eigenvalue weighted by Crippen LogP contribution is 2.28. The van der Waals surface area contributed by atoms with Crippen LogP contribution in [0.25, 0.3) is 17.0 Å². The molecule has 6 heteroatoms. The van der Waals surface area contributed by atoms with E-state index in [2.05, 4.69) is 30.3 Å². The summed E-state index contributed by atoms with van der Waals surface area (Å²) < 4.78 is 2.18.